The molecule has 0 aliphatic heterocycles. The second-order valence-electron chi connectivity index (χ2n) is 3.57. The second-order valence-corrected chi connectivity index (χ2v) is 3.57. The molecule has 0 saturated carbocycles. The van der Waals surface area contributed by atoms with Crippen LogP contribution in [0.1, 0.15) is 24.1 Å². The Labute approximate surface area is 88.7 Å². The predicted octanol–water partition coefficient (Wildman–Crippen LogP) is 1.74. The highest BCUT2D eigenvalue weighted by Crippen LogP contribution is 2.15. The van der Waals surface area contributed by atoms with E-state index in [4.69, 9.17) is 10.2 Å². The Morgan fingerprint density at radius 3 is 3.07 bits per heavy atom. The lowest BCUT2D eigenvalue weighted by molar-refractivity contribution is 0.558. The van der Waals surface area contributed by atoms with Crippen LogP contribution in [0.2, 0.25) is 0 Å². The maximum atomic E-state index is 6.03. The van der Waals surface area contributed by atoms with Gasteiger partial charge in [-0.05, 0) is 25.0 Å². The van der Waals surface area contributed by atoms with Gasteiger partial charge in [-0.25, -0.2) is 0 Å². The molecule has 2 aromatic heterocycles. The maximum absolute atomic E-state index is 6.03. The summed E-state index contributed by atoms with van der Waals surface area (Å²) in [4.78, 5) is 0. The van der Waals surface area contributed by atoms with E-state index in [1.807, 2.05) is 23.1 Å². The van der Waals surface area contributed by atoms with E-state index in [0.717, 1.165) is 24.1 Å². The van der Waals surface area contributed by atoms with Crippen molar-refractivity contribution in [1.29, 1.82) is 0 Å². The molecule has 4 heteroatoms. The third-order valence-electron chi connectivity index (χ3n) is 2.44. The average molecular weight is 205 g/mol. The summed E-state index contributed by atoms with van der Waals surface area (Å²) in [5.41, 5.74) is 8.21. The molecule has 0 aliphatic carbocycles. The first-order valence-corrected chi connectivity index (χ1v) is 5.08. The van der Waals surface area contributed by atoms with Crippen molar-refractivity contribution in [3.05, 3.63) is 42.1 Å². The van der Waals surface area contributed by atoms with Crippen molar-refractivity contribution in [2.24, 2.45) is 5.73 Å². The fraction of sp³-hybridized carbons (Fsp3) is 0.364. The number of hydrogen-bond acceptors (Lipinski definition) is 3. The van der Waals surface area contributed by atoms with Gasteiger partial charge in [0.25, 0.3) is 0 Å². The molecule has 15 heavy (non-hydrogen) atoms. The van der Waals surface area contributed by atoms with E-state index in [2.05, 4.69) is 12.0 Å². The smallest absolute Gasteiger partial charge is 0.0950 e. The molecule has 1 atom stereocenters. The minimum absolute atomic E-state index is 0.0155. The van der Waals surface area contributed by atoms with Gasteiger partial charge >= 0.3 is 0 Å². The molecule has 0 amide bonds. The zero-order chi connectivity index (χ0) is 10.7. The van der Waals surface area contributed by atoms with Crippen LogP contribution in [0.25, 0.3) is 0 Å². The van der Waals surface area contributed by atoms with Crippen LogP contribution in [0, 0.1) is 0 Å². The van der Waals surface area contributed by atoms with Crippen molar-refractivity contribution < 1.29 is 4.42 Å². The SMILES string of the molecule is CCn1cc(CC(N)c2ccoc2)cn1. The summed E-state index contributed by atoms with van der Waals surface area (Å²) >= 11 is 0. The van der Waals surface area contributed by atoms with Gasteiger partial charge < -0.3 is 10.2 Å². The lowest BCUT2D eigenvalue weighted by Gasteiger charge is -2.06. The van der Waals surface area contributed by atoms with Crippen molar-refractivity contribution in [1.82, 2.24) is 9.78 Å². The Kier molecular flexibility index (Phi) is 2.87. The van der Waals surface area contributed by atoms with Crippen LogP contribution in [0.4, 0.5) is 0 Å². The Balaban J connectivity index is 2.02. The Hall–Kier alpha value is -1.55. The number of aromatic nitrogens is 2. The quantitative estimate of drug-likeness (QED) is 0.827. The van der Waals surface area contributed by atoms with Crippen molar-refractivity contribution in [3.8, 4) is 0 Å². The van der Waals surface area contributed by atoms with E-state index in [0.29, 0.717) is 0 Å². The third-order valence-corrected chi connectivity index (χ3v) is 2.44. The van der Waals surface area contributed by atoms with Crippen LogP contribution >= 0.6 is 0 Å². The number of nitrogens with two attached hydrogens (primary N) is 1. The van der Waals surface area contributed by atoms with Gasteiger partial charge in [-0.3, -0.25) is 4.68 Å². The van der Waals surface area contributed by atoms with Gasteiger partial charge in [0.15, 0.2) is 0 Å². The number of furan rings is 1. The topological polar surface area (TPSA) is 57.0 Å². The van der Waals surface area contributed by atoms with E-state index in [-0.39, 0.29) is 6.04 Å². The molecule has 0 aliphatic rings. The molecule has 0 fully saturated rings. The minimum Gasteiger partial charge on any atom is -0.472 e. The normalized spacial score (nSPS) is 12.9. The summed E-state index contributed by atoms with van der Waals surface area (Å²) in [6, 6.07) is 1.88. The zero-order valence-electron chi connectivity index (χ0n) is 8.76. The highest BCUT2D eigenvalue weighted by Gasteiger charge is 2.09. The summed E-state index contributed by atoms with van der Waals surface area (Å²) < 4.78 is 6.90. The van der Waals surface area contributed by atoms with E-state index in [1.165, 1.54) is 0 Å². The molecule has 4 nitrogen and oxygen atoms in total. The molecular formula is C11H15N3O. The monoisotopic (exact) mass is 205 g/mol. The standard InChI is InChI=1S/C11H15N3O/c1-2-14-7-9(6-13-14)5-11(12)10-3-4-15-8-10/h3-4,6-8,11H,2,5,12H2,1H3. The number of rotatable bonds is 4. The number of hydrogen-bond donors (Lipinski definition) is 1. The summed E-state index contributed by atoms with van der Waals surface area (Å²) in [6.45, 7) is 2.95. The molecule has 0 saturated heterocycles. The first kappa shape index (κ1) is 9.98. The molecule has 2 rings (SSSR count). The van der Waals surface area contributed by atoms with E-state index in [9.17, 15) is 0 Å². The predicted molar refractivity (Wildman–Crippen MR) is 57.2 cm³/mol. The second kappa shape index (κ2) is 4.31. The van der Waals surface area contributed by atoms with Gasteiger partial charge in [0.2, 0.25) is 0 Å². The van der Waals surface area contributed by atoms with Gasteiger partial charge in [0.05, 0.1) is 18.7 Å². The zero-order valence-corrected chi connectivity index (χ0v) is 8.76. The van der Waals surface area contributed by atoms with E-state index >= 15 is 0 Å². The molecule has 0 radical (unpaired) electrons. The van der Waals surface area contributed by atoms with Gasteiger partial charge in [0, 0.05) is 24.3 Å². The first-order valence-electron chi connectivity index (χ1n) is 5.08. The minimum atomic E-state index is -0.0155. The van der Waals surface area contributed by atoms with Crippen LogP contribution in [-0.4, -0.2) is 9.78 Å². The highest BCUT2D eigenvalue weighted by molar-refractivity contribution is 5.16. The van der Waals surface area contributed by atoms with Crippen molar-refractivity contribution >= 4 is 0 Å². The van der Waals surface area contributed by atoms with Crippen LogP contribution in [0.3, 0.4) is 0 Å². The van der Waals surface area contributed by atoms with Crippen LogP contribution < -0.4 is 5.73 Å². The van der Waals surface area contributed by atoms with Crippen molar-refractivity contribution in [2.75, 3.05) is 0 Å². The van der Waals surface area contributed by atoms with Gasteiger partial charge in [-0.2, -0.15) is 5.10 Å². The number of aryl methyl sites for hydroxylation is 1. The maximum Gasteiger partial charge on any atom is 0.0950 e. The van der Waals surface area contributed by atoms with E-state index in [1.54, 1.807) is 12.5 Å². The molecule has 80 valence electrons. The van der Waals surface area contributed by atoms with Gasteiger partial charge in [0.1, 0.15) is 0 Å². The Morgan fingerprint density at radius 2 is 2.47 bits per heavy atom. The molecule has 0 bridgehead atoms. The van der Waals surface area contributed by atoms with Crippen molar-refractivity contribution in [3.63, 3.8) is 0 Å². The third kappa shape index (κ3) is 2.27. The summed E-state index contributed by atoms with van der Waals surface area (Å²) in [6.07, 6.45) is 8.02. The molecule has 2 N–H and O–H groups in total. The Bertz CT molecular complexity index is 405. The molecular weight excluding hydrogens is 190 g/mol. The largest absolute Gasteiger partial charge is 0.472 e. The molecule has 2 heterocycles. The lowest BCUT2D eigenvalue weighted by Crippen LogP contribution is -2.12. The van der Waals surface area contributed by atoms with Crippen LogP contribution in [-0.2, 0) is 13.0 Å². The molecule has 2 aromatic rings. The fourth-order valence-corrected chi connectivity index (χ4v) is 1.54. The molecule has 1 unspecified atom stereocenters. The van der Waals surface area contributed by atoms with Crippen molar-refractivity contribution in [2.45, 2.75) is 25.9 Å². The van der Waals surface area contributed by atoms with Gasteiger partial charge in [-0.1, -0.05) is 0 Å². The summed E-state index contributed by atoms with van der Waals surface area (Å²) in [7, 11) is 0. The highest BCUT2D eigenvalue weighted by atomic mass is 16.3. The summed E-state index contributed by atoms with van der Waals surface area (Å²) in [5, 5.41) is 4.21. The number of nitrogens with zero attached hydrogens (tertiary/aromatic N) is 2. The average Bonchev–Trinajstić information content (AvgIpc) is 2.87. The first-order chi connectivity index (χ1) is 7.29. The Morgan fingerprint density at radius 1 is 1.60 bits per heavy atom. The fourth-order valence-electron chi connectivity index (χ4n) is 1.54. The molecule has 0 spiro atoms. The van der Waals surface area contributed by atoms with Crippen LogP contribution in [0.15, 0.2) is 35.4 Å². The lowest BCUT2D eigenvalue weighted by atomic mass is 10.1. The van der Waals surface area contributed by atoms with Gasteiger partial charge in [-0.15, -0.1) is 0 Å². The van der Waals surface area contributed by atoms with E-state index < -0.39 is 0 Å². The summed E-state index contributed by atoms with van der Waals surface area (Å²) in [5.74, 6) is 0. The molecule has 0 aromatic carbocycles. The van der Waals surface area contributed by atoms with Crippen LogP contribution in [0.5, 0.6) is 0 Å².